The number of aromatic nitrogens is 5. The zero-order valence-corrected chi connectivity index (χ0v) is 12.0. The molecule has 0 unspecified atom stereocenters. The van der Waals surface area contributed by atoms with E-state index in [2.05, 4.69) is 15.2 Å². The van der Waals surface area contributed by atoms with Crippen LogP contribution in [0.3, 0.4) is 0 Å². The van der Waals surface area contributed by atoms with Gasteiger partial charge in [-0.2, -0.15) is 23.4 Å². The fourth-order valence-electron chi connectivity index (χ4n) is 1.83. The monoisotopic (exact) mass is 316 g/mol. The first-order chi connectivity index (χ1) is 10.2. The minimum atomic E-state index is -4.47. The molecule has 0 radical (unpaired) electrons. The van der Waals surface area contributed by atoms with Gasteiger partial charge in [0.05, 0.1) is 6.42 Å². The van der Waals surface area contributed by atoms with Gasteiger partial charge in [-0.15, -0.1) is 0 Å². The number of rotatable bonds is 5. The number of hydrogen-bond donors (Lipinski definition) is 1. The van der Waals surface area contributed by atoms with Gasteiger partial charge in [-0.25, -0.2) is 9.67 Å². The predicted molar refractivity (Wildman–Crippen MR) is 70.6 cm³/mol. The summed E-state index contributed by atoms with van der Waals surface area (Å²) < 4.78 is 40.2. The number of alkyl halides is 3. The van der Waals surface area contributed by atoms with E-state index < -0.39 is 18.6 Å². The highest BCUT2D eigenvalue weighted by Crippen LogP contribution is 2.22. The van der Waals surface area contributed by atoms with Crippen LogP contribution in [0.1, 0.15) is 25.7 Å². The molecule has 0 fully saturated rings. The van der Waals surface area contributed by atoms with Crippen LogP contribution in [0.4, 0.5) is 13.2 Å². The summed E-state index contributed by atoms with van der Waals surface area (Å²) in [5.74, 6) is -0.831. The Morgan fingerprint density at radius 3 is 2.55 bits per heavy atom. The van der Waals surface area contributed by atoms with Gasteiger partial charge in [-0.1, -0.05) is 0 Å². The average Bonchev–Trinajstić information content (AvgIpc) is 2.92. The maximum Gasteiger partial charge on any atom is 0.408 e. The summed E-state index contributed by atoms with van der Waals surface area (Å²) in [6.07, 6.45) is -3.16. The van der Waals surface area contributed by atoms with Crippen LogP contribution < -0.4 is 5.73 Å². The number of primary amides is 1. The first kappa shape index (κ1) is 16.0. The molecule has 0 aromatic carbocycles. The van der Waals surface area contributed by atoms with Crippen molar-refractivity contribution in [1.82, 2.24) is 24.5 Å². The highest BCUT2D eigenvalue weighted by atomic mass is 19.4. The van der Waals surface area contributed by atoms with Gasteiger partial charge in [0.25, 0.3) is 0 Å². The van der Waals surface area contributed by atoms with Gasteiger partial charge < -0.3 is 5.73 Å². The Morgan fingerprint density at radius 1 is 1.36 bits per heavy atom. The Bertz CT molecular complexity index is 673. The average molecular weight is 316 g/mol. The molecule has 2 heterocycles. The minimum absolute atomic E-state index is 0.0482. The Morgan fingerprint density at radius 2 is 2.05 bits per heavy atom. The zero-order chi connectivity index (χ0) is 16.5. The van der Waals surface area contributed by atoms with E-state index >= 15 is 0 Å². The number of nitrogens with zero attached hydrogens (tertiary/aromatic N) is 5. The Hall–Kier alpha value is -2.39. The van der Waals surface area contributed by atoms with Gasteiger partial charge in [-0.3, -0.25) is 9.48 Å². The van der Waals surface area contributed by atoms with E-state index in [1.807, 2.05) is 13.8 Å². The van der Waals surface area contributed by atoms with Crippen molar-refractivity contribution >= 4 is 5.91 Å². The number of hydrogen-bond acceptors (Lipinski definition) is 4. The highest BCUT2D eigenvalue weighted by molar-refractivity contribution is 5.75. The Balaban J connectivity index is 2.42. The molecule has 7 nitrogen and oxygen atoms in total. The van der Waals surface area contributed by atoms with Gasteiger partial charge in [0.1, 0.15) is 12.2 Å². The van der Waals surface area contributed by atoms with Crippen molar-refractivity contribution in [3.8, 4) is 11.5 Å². The van der Waals surface area contributed by atoms with Gasteiger partial charge in [0, 0.05) is 12.2 Å². The molecule has 10 heteroatoms. The SMILES string of the molecule is CC(C)n1ccc(-c2nc(CC(N)=O)nn2CC(F)(F)F)n1. The molecule has 0 spiro atoms. The van der Waals surface area contributed by atoms with Crippen LogP contribution in [0.2, 0.25) is 0 Å². The summed E-state index contributed by atoms with van der Waals surface area (Å²) >= 11 is 0. The summed E-state index contributed by atoms with van der Waals surface area (Å²) in [5, 5.41) is 7.87. The number of halogens is 3. The largest absolute Gasteiger partial charge is 0.408 e. The second-order valence-electron chi connectivity index (χ2n) is 5.04. The van der Waals surface area contributed by atoms with Crippen molar-refractivity contribution in [2.24, 2.45) is 5.73 Å². The molecular formula is C12H15F3N6O. The third-order valence-corrected chi connectivity index (χ3v) is 2.74. The van der Waals surface area contributed by atoms with Crippen molar-refractivity contribution in [2.45, 2.75) is 39.0 Å². The second-order valence-corrected chi connectivity index (χ2v) is 5.04. The van der Waals surface area contributed by atoms with Crippen molar-refractivity contribution < 1.29 is 18.0 Å². The normalized spacial score (nSPS) is 12.1. The summed E-state index contributed by atoms with van der Waals surface area (Å²) in [4.78, 5) is 14.8. The standard InChI is InChI=1S/C12H15F3N6O/c1-7(2)20-4-3-8(18-20)11-17-10(5-9(16)22)19-21(11)6-12(13,14)15/h3-4,7H,5-6H2,1-2H3,(H2,16,22). The summed E-state index contributed by atoms with van der Waals surface area (Å²) in [7, 11) is 0. The van der Waals surface area contributed by atoms with Crippen molar-refractivity contribution in [2.75, 3.05) is 0 Å². The quantitative estimate of drug-likeness (QED) is 0.900. The minimum Gasteiger partial charge on any atom is -0.369 e. The number of amides is 1. The maximum atomic E-state index is 12.6. The fraction of sp³-hybridized carbons (Fsp3) is 0.500. The van der Waals surface area contributed by atoms with E-state index in [0.717, 1.165) is 0 Å². The number of nitrogens with two attached hydrogens (primary N) is 1. The topological polar surface area (TPSA) is 91.6 Å². The second kappa shape index (κ2) is 5.78. The van der Waals surface area contributed by atoms with Gasteiger partial charge in [0.2, 0.25) is 5.91 Å². The van der Waals surface area contributed by atoms with Crippen molar-refractivity contribution in [3.63, 3.8) is 0 Å². The predicted octanol–water partition coefficient (Wildman–Crippen LogP) is 1.31. The van der Waals surface area contributed by atoms with Crippen molar-refractivity contribution in [1.29, 1.82) is 0 Å². The third kappa shape index (κ3) is 3.83. The first-order valence-corrected chi connectivity index (χ1v) is 6.50. The molecule has 1 amide bonds. The Kier molecular flexibility index (Phi) is 4.20. The molecule has 2 aromatic heterocycles. The van der Waals surface area contributed by atoms with Crippen molar-refractivity contribution in [3.05, 3.63) is 18.1 Å². The molecule has 22 heavy (non-hydrogen) atoms. The molecule has 0 aliphatic heterocycles. The summed E-state index contributed by atoms with van der Waals surface area (Å²) in [6.45, 7) is 2.45. The van der Waals surface area contributed by atoms with Crippen LogP contribution in [0.5, 0.6) is 0 Å². The van der Waals surface area contributed by atoms with E-state index in [4.69, 9.17) is 5.73 Å². The molecular weight excluding hydrogens is 301 g/mol. The van der Waals surface area contributed by atoms with Crippen LogP contribution in [-0.4, -0.2) is 36.6 Å². The lowest BCUT2D eigenvalue weighted by Crippen LogP contribution is -2.20. The maximum absolute atomic E-state index is 12.6. The summed E-state index contributed by atoms with van der Waals surface area (Å²) in [5.41, 5.74) is 5.27. The number of carbonyl (C=O) groups is 1. The van der Waals surface area contributed by atoms with E-state index in [1.54, 1.807) is 16.9 Å². The van der Waals surface area contributed by atoms with Gasteiger partial charge in [0.15, 0.2) is 11.6 Å². The Labute approximate surface area is 123 Å². The van der Waals surface area contributed by atoms with Crippen LogP contribution >= 0.6 is 0 Å². The van der Waals surface area contributed by atoms with Crippen LogP contribution in [-0.2, 0) is 17.8 Å². The molecule has 0 aliphatic carbocycles. The van der Waals surface area contributed by atoms with Crippen LogP contribution in [0, 0.1) is 0 Å². The highest BCUT2D eigenvalue weighted by Gasteiger charge is 2.31. The lowest BCUT2D eigenvalue weighted by Gasteiger charge is -2.08. The first-order valence-electron chi connectivity index (χ1n) is 6.50. The van der Waals surface area contributed by atoms with Crippen LogP contribution in [0.25, 0.3) is 11.5 Å². The smallest absolute Gasteiger partial charge is 0.369 e. The van der Waals surface area contributed by atoms with Gasteiger partial charge in [-0.05, 0) is 19.9 Å². The molecule has 120 valence electrons. The molecule has 2 rings (SSSR count). The molecule has 0 saturated carbocycles. The molecule has 0 saturated heterocycles. The number of carbonyl (C=O) groups excluding carboxylic acids is 1. The van der Waals surface area contributed by atoms with E-state index in [1.165, 1.54) is 0 Å². The van der Waals surface area contributed by atoms with Gasteiger partial charge >= 0.3 is 6.18 Å². The fourth-order valence-corrected chi connectivity index (χ4v) is 1.83. The summed E-state index contributed by atoms with van der Waals surface area (Å²) in [6, 6.07) is 1.60. The molecule has 2 N–H and O–H groups in total. The zero-order valence-electron chi connectivity index (χ0n) is 12.0. The molecule has 0 aliphatic rings. The molecule has 0 atom stereocenters. The van der Waals surface area contributed by atoms with Crippen LogP contribution in [0.15, 0.2) is 12.3 Å². The molecule has 0 bridgehead atoms. The van der Waals surface area contributed by atoms with E-state index in [9.17, 15) is 18.0 Å². The third-order valence-electron chi connectivity index (χ3n) is 2.74. The molecule has 2 aromatic rings. The lowest BCUT2D eigenvalue weighted by molar-refractivity contribution is -0.142. The lowest BCUT2D eigenvalue weighted by atomic mass is 10.4. The van der Waals surface area contributed by atoms with E-state index in [0.29, 0.717) is 4.68 Å². The van der Waals surface area contributed by atoms with E-state index in [-0.39, 0.29) is 29.8 Å².